The van der Waals surface area contributed by atoms with Gasteiger partial charge in [0.25, 0.3) is 11.5 Å². The predicted octanol–water partition coefficient (Wildman–Crippen LogP) is 5.50. The fraction of sp³-hybridized carbons (Fsp3) is 0.400. The summed E-state index contributed by atoms with van der Waals surface area (Å²) in [6, 6.07) is 6.90. The van der Waals surface area contributed by atoms with Crippen molar-refractivity contribution >= 4 is 39.8 Å². The van der Waals surface area contributed by atoms with E-state index in [9.17, 15) is 4.79 Å². The van der Waals surface area contributed by atoms with Crippen molar-refractivity contribution < 1.29 is 18.3 Å². The Labute approximate surface area is 277 Å². The molecule has 0 radical (unpaired) electrons. The van der Waals surface area contributed by atoms with Crippen molar-refractivity contribution in [2.45, 2.75) is 45.7 Å². The molecule has 0 spiro atoms. The molecule has 2 atom stereocenters. The summed E-state index contributed by atoms with van der Waals surface area (Å²) in [5.74, 6) is -1.88. The average molecular weight is 665 g/mol. The number of aromatic nitrogens is 2. The van der Waals surface area contributed by atoms with Gasteiger partial charge in [0.1, 0.15) is 23.3 Å². The molecule has 248 valence electrons. The Morgan fingerprint density at radius 2 is 1.87 bits per heavy atom. The molecule has 2 aliphatic heterocycles. The third-order valence-electron chi connectivity index (χ3n) is 9.06. The normalized spacial score (nSPS) is 17.9. The van der Waals surface area contributed by atoms with Crippen LogP contribution in [0, 0.1) is 18.6 Å². The van der Waals surface area contributed by atoms with Gasteiger partial charge in [0.05, 0.1) is 40.3 Å². The number of nitrogens with zero attached hydrogens (tertiary/aromatic N) is 5. The number of fused-ring (bicyclic) bond motifs is 5. The molecule has 2 aromatic carbocycles. The Bertz CT molecular complexity index is 1960. The van der Waals surface area contributed by atoms with Crippen molar-refractivity contribution in [2.24, 2.45) is 0 Å². The minimum atomic E-state index is -0.884. The minimum absolute atomic E-state index is 0.0203. The highest BCUT2D eigenvalue weighted by molar-refractivity contribution is 6.35. The van der Waals surface area contributed by atoms with Gasteiger partial charge in [-0.05, 0) is 63.7 Å². The van der Waals surface area contributed by atoms with Crippen LogP contribution in [0.15, 0.2) is 41.3 Å². The summed E-state index contributed by atoms with van der Waals surface area (Å²) in [6.45, 7) is 9.19. The Hall–Kier alpha value is -4.06. The van der Waals surface area contributed by atoms with E-state index in [2.05, 4.69) is 10.3 Å². The summed E-state index contributed by atoms with van der Waals surface area (Å²) in [4.78, 5) is 39.4. The fourth-order valence-electron chi connectivity index (χ4n) is 6.81. The molecule has 9 nitrogen and oxygen atoms in total. The maximum Gasteiger partial charge on any atom is 0.281 e. The molecule has 4 aromatic rings. The van der Waals surface area contributed by atoms with Crippen molar-refractivity contribution in [3.8, 4) is 22.6 Å². The number of aryl methyl sites for hydroxylation is 1. The van der Waals surface area contributed by atoms with Crippen LogP contribution in [0.1, 0.15) is 37.9 Å². The molecule has 1 amide bonds. The van der Waals surface area contributed by atoms with Crippen LogP contribution < -0.4 is 25.4 Å². The molecule has 0 saturated carbocycles. The molecule has 0 bridgehead atoms. The zero-order chi connectivity index (χ0) is 33.9. The smallest absolute Gasteiger partial charge is 0.281 e. The van der Waals surface area contributed by atoms with Crippen LogP contribution in [0.5, 0.6) is 5.75 Å². The van der Waals surface area contributed by atoms with E-state index in [-0.39, 0.29) is 57.5 Å². The monoisotopic (exact) mass is 664 g/mol. The van der Waals surface area contributed by atoms with Gasteiger partial charge in [0.15, 0.2) is 5.82 Å². The first kappa shape index (κ1) is 32.9. The van der Waals surface area contributed by atoms with E-state index in [1.165, 1.54) is 34.8 Å². The highest BCUT2D eigenvalue weighted by Gasteiger charge is 2.44. The zero-order valence-corrected chi connectivity index (χ0v) is 28.4. The number of carbonyl (C=O) groups excluding carboxylic acids is 1. The zero-order valence-electron chi connectivity index (χ0n) is 27.6. The second-order valence-electron chi connectivity index (χ2n) is 12.9. The van der Waals surface area contributed by atoms with Gasteiger partial charge in [0, 0.05) is 49.4 Å². The average Bonchev–Trinajstić information content (AvgIpc) is 3.02. The van der Waals surface area contributed by atoms with Crippen LogP contribution >= 0.6 is 11.6 Å². The number of amides is 1. The maximum atomic E-state index is 17.6. The molecule has 1 saturated heterocycles. The molecule has 47 heavy (non-hydrogen) atoms. The SMILES string of the molecule is COc1cccc(F)c1-c1c(Cl)cc2c3c(c(=O)n(-c4c(C)ccnc4C(C)C)c2c1F)N(CCN(C)C)C(=O)[C@H]1CN[C@H](C)CN31. The number of rotatable bonds is 7. The number of anilines is 2. The first-order chi connectivity index (χ1) is 22.4. The van der Waals surface area contributed by atoms with Crippen LogP contribution in [0.25, 0.3) is 27.7 Å². The number of methoxy groups -OCH3 is 1. The van der Waals surface area contributed by atoms with Gasteiger partial charge < -0.3 is 24.8 Å². The molecular formula is C35H39ClF2N6O3. The lowest BCUT2D eigenvalue weighted by Crippen LogP contribution is -2.65. The number of benzene rings is 2. The van der Waals surface area contributed by atoms with E-state index >= 15 is 13.6 Å². The number of carbonyl (C=O) groups is 1. The number of piperazine rings is 1. The minimum Gasteiger partial charge on any atom is -0.496 e. The van der Waals surface area contributed by atoms with Crippen molar-refractivity contribution in [3.05, 3.63) is 74.8 Å². The number of ether oxygens (including phenoxy) is 1. The summed E-state index contributed by atoms with van der Waals surface area (Å²) in [5.41, 5.74) is 1.21. The maximum absolute atomic E-state index is 17.6. The van der Waals surface area contributed by atoms with Crippen LogP contribution in [0.4, 0.5) is 20.2 Å². The van der Waals surface area contributed by atoms with E-state index < -0.39 is 23.2 Å². The lowest BCUT2D eigenvalue weighted by molar-refractivity contribution is -0.120. The van der Waals surface area contributed by atoms with Gasteiger partial charge >= 0.3 is 0 Å². The van der Waals surface area contributed by atoms with E-state index in [1.807, 2.05) is 51.6 Å². The first-order valence-electron chi connectivity index (χ1n) is 15.7. The summed E-state index contributed by atoms with van der Waals surface area (Å²) < 4.78 is 39.9. The second kappa shape index (κ2) is 12.5. The molecule has 1 fully saturated rings. The van der Waals surface area contributed by atoms with Gasteiger partial charge in [-0.15, -0.1) is 0 Å². The number of pyridine rings is 2. The Morgan fingerprint density at radius 3 is 2.55 bits per heavy atom. The van der Waals surface area contributed by atoms with E-state index in [0.717, 1.165) is 0 Å². The van der Waals surface area contributed by atoms with Gasteiger partial charge in [-0.2, -0.15) is 0 Å². The molecule has 0 unspecified atom stereocenters. The van der Waals surface area contributed by atoms with E-state index in [4.69, 9.17) is 16.3 Å². The Kier molecular flexibility index (Phi) is 8.75. The van der Waals surface area contributed by atoms with Crippen molar-refractivity contribution in [3.63, 3.8) is 0 Å². The summed E-state index contributed by atoms with van der Waals surface area (Å²) in [7, 11) is 5.16. The molecule has 4 heterocycles. The van der Waals surface area contributed by atoms with Crippen LogP contribution in [0.2, 0.25) is 5.02 Å². The number of hydrogen-bond donors (Lipinski definition) is 1. The Balaban J connectivity index is 1.84. The number of nitrogens with one attached hydrogen (secondary N) is 1. The van der Waals surface area contributed by atoms with Gasteiger partial charge in [-0.25, -0.2) is 8.78 Å². The lowest BCUT2D eigenvalue weighted by Gasteiger charge is -2.47. The standard InChI is InChI=1S/C35H39ClF2N6O3/c1-18(2)29-30(19(3)11-12-39-29)44-31-21(15-22(36)26(28(31)38)27-23(37)9-8-10-25(27)47-7)32-33(35(44)46)42(14-13-41(5)6)34(45)24-16-40-20(4)17-43(24)32/h8-12,15,18,20,24,40H,13-14,16-17H2,1-7H3/t20-,24-/m1/s1. The molecule has 12 heteroatoms. The van der Waals surface area contributed by atoms with Gasteiger partial charge in [-0.3, -0.25) is 19.1 Å². The summed E-state index contributed by atoms with van der Waals surface area (Å²) in [6.07, 6.45) is 1.66. The molecular weight excluding hydrogens is 626 g/mol. The highest BCUT2D eigenvalue weighted by atomic mass is 35.5. The lowest BCUT2D eigenvalue weighted by atomic mass is 9.95. The topological polar surface area (TPSA) is 82.9 Å². The fourth-order valence-corrected chi connectivity index (χ4v) is 7.10. The summed E-state index contributed by atoms with van der Waals surface area (Å²) >= 11 is 6.93. The quantitative estimate of drug-likeness (QED) is 0.280. The second-order valence-corrected chi connectivity index (χ2v) is 13.3. The molecule has 2 aliphatic rings. The highest BCUT2D eigenvalue weighted by Crippen LogP contribution is 2.47. The number of hydrogen-bond acceptors (Lipinski definition) is 7. The largest absolute Gasteiger partial charge is 0.496 e. The molecule has 2 aromatic heterocycles. The van der Waals surface area contributed by atoms with Crippen LogP contribution in [-0.4, -0.2) is 79.8 Å². The van der Waals surface area contributed by atoms with Crippen LogP contribution in [0.3, 0.4) is 0 Å². The summed E-state index contributed by atoms with van der Waals surface area (Å²) in [5, 5.41) is 3.65. The van der Waals surface area contributed by atoms with E-state index in [1.54, 1.807) is 18.3 Å². The van der Waals surface area contributed by atoms with Crippen molar-refractivity contribution in [2.75, 3.05) is 57.2 Å². The van der Waals surface area contributed by atoms with Gasteiger partial charge in [-0.1, -0.05) is 31.5 Å². The Morgan fingerprint density at radius 1 is 1.13 bits per heavy atom. The molecule has 0 aliphatic carbocycles. The number of halogens is 3. The van der Waals surface area contributed by atoms with Crippen LogP contribution in [-0.2, 0) is 4.79 Å². The van der Waals surface area contributed by atoms with Gasteiger partial charge in [0.2, 0.25) is 0 Å². The third kappa shape index (κ3) is 5.34. The predicted molar refractivity (Wildman–Crippen MR) is 183 cm³/mol. The van der Waals surface area contributed by atoms with Crippen molar-refractivity contribution in [1.29, 1.82) is 0 Å². The van der Waals surface area contributed by atoms with Crippen molar-refractivity contribution in [1.82, 2.24) is 19.8 Å². The molecule has 6 rings (SSSR count). The molecule has 1 N–H and O–H groups in total. The van der Waals surface area contributed by atoms with E-state index in [0.29, 0.717) is 47.7 Å². The third-order valence-corrected chi connectivity index (χ3v) is 9.35. The number of likely N-dealkylation sites (N-methyl/N-ethyl adjacent to an activating group) is 1. The first-order valence-corrected chi connectivity index (χ1v) is 16.1.